The molecule has 0 spiro atoms. The number of nitrogens with zero attached hydrogens (tertiary/aromatic N) is 6. The summed E-state index contributed by atoms with van der Waals surface area (Å²) in [5.41, 5.74) is 5.33. The molecular formula is C47H49N10NaO2S2. The number of rotatable bonds is 23. The third kappa shape index (κ3) is 15.0. The van der Waals surface area contributed by atoms with Crippen molar-refractivity contribution in [2.24, 2.45) is 4.99 Å². The van der Waals surface area contributed by atoms with Crippen LogP contribution in [-0.2, 0) is 0 Å². The van der Waals surface area contributed by atoms with E-state index in [-0.39, 0.29) is 35.5 Å². The maximum atomic E-state index is 12.4. The van der Waals surface area contributed by atoms with E-state index >= 15 is 0 Å². The van der Waals surface area contributed by atoms with Gasteiger partial charge in [0.25, 0.3) is 0 Å². The Morgan fingerprint density at radius 2 is 1.23 bits per heavy atom. The van der Waals surface area contributed by atoms with Gasteiger partial charge in [0.1, 0.15) is 11.7 Å². The van der Waals surface area contributed by atoms with Crippen LogP contribution in [0.15, 0.2) is 187 Å². The van der Waals surface area contributed by atoms with E-state index in [1.807, 2.05) is 126 Å². The molecule has 0 saturated carbocycles. The molecule has 0 aliphatic carbocycles. The van der Waals surface area contributed by atoms with Crippen molar-refractivity contribution in [3.8, 4) is 0 Å². The van der Waals surface area contributed by atoms with Gasteiger partial charge in [-0.15, -0.1) is 26.3 Å². The summed E-state index contributed by atoms with van der Waals surface area (Å²) in [5.74, 6) is 2.19. The van der Waals surface area contributed by atoms with Crippen molar-refractivity contribution < 1.29 is 38.7 Å². The standard InChI is InChI=1S/C47H50N10O2S2.Na/c1-7-27-56(28-8-2)44(50-35(6)49-38-17-13-11-14-18-38)31-34(5)48-40-25-23-36(42(32-40)60-58)21-22-37-24-26-41(33-43(37)61-59)52-46-53-45(51-39-19-15-12-16-20-39)54-47(55-46)57(29-9-3)30-10-4;/h7-26,31-33,48-49,58-59H,1-4,6,27-30H2,5H3,(H2,51,52,53,54,55);/q;+1/p-1/b22-21+,34-31+,50-44+;. The Hall–Kier alpha value is -5.84. The molecule has 62 heavy (non-hydrogen) atoms. The van der Waals surface area contributed by atoms with Crippen LogP contribution in [-0.4, -0.2) is 61.0 Å². The number of hydrogen-bond donors (Lipinski definition) is 5. The predicted octanol–water partition coefficient (Wildman–Crippen LogP) is 8.47. The topological polar surface area (TPSA) is 149 Å². The number of nitrogens with one attached hydrogen (secondary N) is 4. The number of amidine groups is 1. The third-order valence-electron chi connectivity index (χ3n) is 8.57. The van der Waals surface area contributed by atoms with Gasteiger partial charge >= 0.3 is 29.6 Å². The van der Waals surface area contributed by atoms with Gasteiger partial charge in [-0.2, -0.15) is 15.0 Å². The number of anilines is 7. The van der Waals surface area contributed by atoms with Gasteiger partial charge in [-0.1, -0.05) is 91.6 Å². The Bertz CT molecular complexity index is 2370. The molecule has 0 atom stereocenters. The van der Waals surface area contributed by atoms with Crippen LogP contribution in [0.4, 0.5) is 40.6 Å². The molecule has 312 valence electrons. The van der Waals surface area contributed by atoms with Crippen LogP contribution in [0.5, 0.6) is 0 Å². The van der Waals surface area contributed by atoms with Crippen LogP contribution in [0.3, 0.4) is 0 Å². The SMILES string of the molecule is C=CCN(CC=C)C(/C=C(\C)Nc1ccc(/C=C/c2ccc(Nc3nc(Nc4ccccc4)nc(N(CC=C)CC=C)n3)cc2S[O-])c(SO)c1)=N/C(=C)Nc1ccccc1.[Na+]. The van der Waals surface area contributed by atoms with Crippen molar-refractivity contribution in [2.45, 2.75) is 16.7 Å². The first-order chi connectivity index (χ1) is 29.7. The summed E-state index contributed by atoms with van der Waals surface area (Å²) in [4.78, 5) is 23.8. The zero-order chi connectivity index (χ0) is 43.4. The van der Waals surface area contributed by atoms with Gasteiger partial charge in [0.05, 0.1) is 0 Å². The number of allylic oxidation sites excluding steroid dienone is 1. The summed E-state index contributed by atoms with van der Waals surface area (Å²) < 4.78 is 22.7. The molecule has 0 fully saturated rings. The second kappa shape index (κ2) is 25.8. The first-order valence-corrected chi connectivity index (χ1v) is 20.7. The van der Waals surface area contributed by atoms with Gasteiger partial charge in [-0.25, -0.2) is 17.0 Å². The summed E-state index contributed by atoms with van der Waals surface area (Å²) in [6.45, 7) is 23.7. The van der Waals surface area contributed by atoms with Crippen LogP contribution >= 0.6 is 24.1 Å². The minimum atomic E-state index is 0. The number of para-hydroxylation sites is 2. The third-order valence-corrected chi connectivity index (χ3v) is 9.65. The molecule has 0 aliphatic heterocycles. The molecule has 0 radical (unpaired) electrons. The maximum Gasteiger partial charge on any atom is 1.00 e. The number of hydrogen-bond acceptors (Lipinski definition) is 13. The molecule has 0 unspecified atom stereocenters. The Morgan fingerprint density at radius 3 is 1.79 bits per heavy atom. The van der Waals surface area contributed by atoms with E-state index in [1.165, 1.54) is 0 Å². The van der Waals surface area contributed by atoms with Crippen molar-refractivity contribution >= 4 is 82.7 Å². The quantitative estimate of drug-likeness (QED) is 0.0107. The molecule has 5 N–H and O–H groups in total. The van der Waals surface area contributed by atoms with E-state index < -0.39 is 0 Å². The fourth-order valence-electron chi connectivity index (χ4n) is 5.86. The smallest absolute Gasteiger partial charge is 0.795 e. The van der Waals surface area contributed by atoms with Crippen LogP contribution in [0.25, 0.3) is 12.2 Å². The molecule has 15 heteroatoms. The Morgan fingerprint density at radius 1 is 0.694 bits per heavy atom. The van der Waals surface area contributed by atoms with Gasteiger partial charge in [0, 0.05) is 76.5 Å². The van der Waals surface area contributed by atoms with Crippen LogP contribution in [0.1, 0.15) is 18.1 Å². The summed E-state index contributed by atoms with van der Waals surface area (Å²) in [6.07, 6.45) is 12.8. The second-order valence-corrected chi connectivity index (χ2v) is 14.5. The number of aromatic nitrogens is 3. The van der Waals surface area contributed by atoms with Gasteiger partial charge in [-0.3, -0.25) is 0 Å². The summed E-state index contributed by atoms with van der Waals surface area (Å²) in [6, 6.07) is 30.4. The molecule has 0 saturated heterocycles. The summed E-state index contributed by atoms with van der Waals surface area (Å²) in [5, 5.41) is 13.1. The van der Waals surface area contributed by atoms with Crippen molar-refractivity contribution in [1.29, 1.82) is 0 Å². The first-order valence-electron chi connectivity index (χ1n) is 19.2. The Labute approximate surface area is 395 Å². The molecule has 1 heterocycles. The second-order valence-electron chi connectivity index (χ2n) is 13.2. The average molecular weight is 873 g/mol. The minimum absolute atomic E-state index is 0. The fourth-order valence-corrected chi connectivity index (χ4v) is 6.69. The van der Waals surface area contributed by atoms with Gasteiger partial charge in [-0.05, 0) is 72.7 Å². The summed E-state index contributed by atoms with van der Waals surface area (Å²) >= 11 is 1.01. The van der Waals surface area contributed by atoms with E-state index in [2.05, 4.69) is 69.1 Å². The number of aliphatic imine (C=N–C) groups is 1. The molecule has 0 amide bonds. The fraction of sp³-hybridized carbons (Fsp3) is 0.106. The molecular weight excluding hydrogens is 824 g/mol. The van der Waals surface area contributed by atoms with Gasteiger partial charge in [0.2, 0.25) is 17.8 Å². The van der Waals surface area contributed by atoms with E-state index in [4.69, 9.17) is 4.99 Å². The normalized spacial score (nSPS) is 11.2. The van der Waals surface area contributed by atoms with Crippen LogP contribution < -0.4 is 55.7 Å². The largest absolute Gasteiger partial charge is 1.00 e. The zero-order valence-corrected chi connectivity index (χ0v) is 38.6. The average Bonchev–Trinajstić information content (AvgIpc) is 3.26. The Balaban J connectivity index is 0.00000845. The Kier molecular flexibility index (Phi) is 20.3. The first kappa shape index (κ1) is 48.8. The molecule has 12 nitrogen and oxygen atoms in total. The maximum absolute atomic E-state index is 12.4. The van der Waals surface area contributed by atoms with Gasteiger partial charge < -0.3 is 40.2 Å². The summed E-state index contributed by atoms with van der Waals surface area (Å²) in [7, 11) is 0. The zero-order valence-electron chi connectivity index (χ0n) is 35.0. The van der Waals surface area contributed by atoms with E-state index in [0.717, 1.165) is 28.3 Å². The molecule has 5 aromatic rings. The van der Waals surface area contributed by atoms with Crippen molar-refractivity contribution in [3.63, 3.8) is 0 Å². The van der Waals surface area contributed by atoms with E-state index in [9.17, 15) is 9.11 Å². The van der Waals surface area contributed by atoms with Crippen molar-refractivity contribution in [2.75, 3.05) is 52.3 Å². The van der Waals surface area contributed by atoms with Crippen LogP contribution in [0.2, 0.25) is 0 Å². The molecule has 5 rings (SSSR count). The number of benzene rings is 4. The van der Waals surface area contributed by atoms with Crippen LogP contribution in [0, 0.1) is 0 Å². The van der Waals surface area contributed by atoms with E-state index in [0.29, 0.717) is 94.9 Å². The monoisotopic (exact) mass is 872 g/mol. The molecule has 1 aromatic heterocycles. The molecule has 0 bridgehead atoms. The van der Waals surface area contributed by atoms with Gasteiger partial charge in [0.15, 0.2) is 0 Å². The van der Waals surface area contributed by atoms with E-state index in [1.54, 1.807) is 30.4 Å². The molecule has 0 aliphatic rings. The predicted molar refractivity (Wildman–Crippen MR) is 258 cm³/mol. The minimum Gasteiger partial charge on any atom is -0.795 e. The van der Waals surface area contributed by atoms with Crippen molar-refractivity contribution in [3.05, 3.63) is 183 Å². The molecule has 4 aromatic carbocycles. The van der Waals surface area contributed by atoms with Crippen molar-refractivity contribution in [1.82, 2.24) is 19.9 Å².